The fourth-order valence-corrected chi connectivity index (χ4v) is 2.12. The molecule has 0 aliphatic heterocycles. The van der Waals surface area contributed by atoms with E-state index in [0.717, 1.165) is 35.8 Å². The number of benzene rings is 1. The smallest absolute Gasteiger partial charge is 0.102 e. The minimum absolute atomic E-state index is 0.714. The molecule has 1 aromatic rings. The number of nitriles is 1. The molecule has 0 fully saturated rings. The summed E-state index contributed by atoms with van der Waals surface area (Å²) in [5, 5.41) is 15.7. The van der Waals surface area contributed by atoms with E-state index in [-0.39, 0.29) is 0 Å². The molecule has 1 rings (SSSR count). The third-order valence-corrected chi connectivity index (χ3v) is 3.24. The standard InChI is InChI=1S/C13H19N3OS/c1-17-9-8-15-6-7-16-12-4-3-5-13(18-2)11(12)10-14/h3-5,15-16H,6-9H2,1-2H3. The number of thioether (sulfide) groups is 1. The molecule has 1 aromatic carbocycles. The maximum absolute atomic E-state index is 9.17. The second-order valence-electron chi connectivity index (χ2n) is 3.66. The van der Waals surface area contributed by atoms with Gasteiger partial charge in [0.15, 0.2) is 0 Å². The zero-order valence-electron chi connectivity index (χ0n) is 10.8. The van der Waals surface area contributed by atoms with E-state index in [9.17, 15) is 0 Å². The van der Waals surface area contributed by atoms with E-state index in [0.29, 0.717) is 6.61 Å². The van der Waals surface area contributed by atoms with Crippen LogP contribution in [0.2, 0.25) is 0 Å². The summed E-state index contributed by atoms with van der Waals surface area (Å²) in [6.45, 7) is 3.19. The van der Waals surface area contributed by atoms with Crippen LogP contribution in [0.1, 0.15) is 5.56 Å². The molecule has 0 aromatic heterocycles. The lowest BCUT2D eigenvalue weighted by atomic mass is 10.2. The Morgan fingerprint density at radius 1 is 1.33 bits per heavy atom. The lowest BCUT2D eigenvalue weighted by Gasteiger charge is -2.11. The SMILES string of the molecule is COCCNCCNc1cccc(SC)c1C#N. The molecule has 98 valence electrons. The van der Waals surface area contributed by atoms with E-state index in [1.807, 2.05) is 24.5 Å². The first kappa shape index (κ1) is 14.8. The van der Waals surface area contributed by atoms with Crippen LogP contribution in [-0.2, 0) is 4.74 Å². The third-order valence-electron chi connectivity index (χ3n) is 2.46. The molecule has 0 unspecified atom stereocenters. The van der Waals surface area contributed by atoms with Crippen molar-refractivity contribution in [3.8, 4) is 6.07 Å². The zero-order valence-corrected chi connectivity index (χ0v) is 11.6. The molecule has 0 saturated heterocycles. The molecule has 0 saturated carbocycles. The Kier molecular flexibility index (Phi) is 7.26. The first-order valence-corrected chi connectivity index (χ1v) is 7.06. The molecule has 0 spiro atoms. The van der Waals surface area contributed by atoms with Crippen LogP contribution in [0, 0.1) is 11.3 Å². The Morgan fingerprint density at radius 3 is 2.83 bits per heavy atom. The molecule has 0 heterocycles. The van der Waals surface area contributed by atoms with E-state index in [4.69, 9.17) is 10.00 Å². The van der Waals surface area contributed by atoms with Gasteiger partial charge in [0.25, 0.3) is 0 Å². The Labute approximate surface area is 113 Å². The predicted molar refractivity (Wildman–Crippen MR) is 76.2 cm³/mol. The van der Waals surface area contributed by atoms with Gasteiger partial charge in [-0.15, -0.1) is 11.8 Å². The highest BCUT2D eigenvalue weighted by molar-refractivity contribution is 7.98. The van der Waals surface area contributed by atoms with E-state index < -0.39 is 0 Å². The fraction of sp³-hybridized carbons (Fsp3) is 0.462. The Morgan fingerprint density at radius 2 is 2.17 bits per heavy atom. The number of nitrogens with one attached hydrogen (secondary N) is 2. The number of ether oxygens (including phenoxy) is 1. The summed E-state index contributed by atoms with van der Waals surface area (Å²) in [4.78, 5) is 1.01. The molecule has 0 bridgehead atoms. The summed E-state index contributed by atoms with van der Waals surface area (Å²) >= 11 is 1.59. The Hall–Kier alpha value is -1.22. The number of nitrogens with zero attached hydrogens (tertiary/aromatic N) is 1. The van der Waals surface area contributed by atoms with Gasteiger partial charge in [0.1, 0.15) is 6.07 Å². The molecule has 0 atom stereocenters. The highest BCUT2D eigenvalue weighted by atomic mass is 32.2. The van der Waals surface area contributed by atoms with Crippen molar-refractivity contribution in [2.75, 3.05) is 44.9 Å². The monoisotopic (exact) mass is 265 g/mol. The topological polar surface area (TPSA) is 57.1 Å². The van der Waals surface area contributed by atoms with E-state index in [2.05, 4.69) is 16.7 Å². The van der Waals surface area contributed by atoms with Crippen LogP contribution >= 0.6 is 11.8 Å². The quantitative estimate of drug-likeness (QED) is 0.555. The summed E-state index contributed by atoms with van der Waals surface area (Å²) in [6, 6.07) is 8.12. The minimum atomic E-state index is 0.714. The number of methoxy groups -OCH3 is 1. The summed E-state index contributed by atoms with van der Waals surface area (Å²) < 4.78 is 4.94. The van der Waals surface area contributed by atoms with Crippen molar-refractivity contribution in [3.05, 3.63) is 23.8 Å². The normalized spacial score (nSPS) is 10.1. The summed E-state index contributed by atoms with van der Waals surface area (Å²) in [6.07, 6.45) is 1.98. The molecule has 4 nitrogen and oxygen atoms in total. The molecular formula is C13H19N3OS. The van der Waals surface area contributed by atoms with Crippen LogP contribution in [0.4, 0.5) is 5.69 Å². The molecule has 5 heteroatoms. The molecule has 0 amide bonds. The van der Waals surface area contributed by atoms with Crippen LogP contribution in [0.3, 0.4) is 0 Å². The van der Waals surface area contributed by atoms with Crippen molar-refractivity contribution in [1.29, 1.82) is 5.26 Å². The average molecular weight is 265 g/mol. The molecule has 0 aliphatic carbocycles. The van der Waals surface area contributed by atoms with Crippen LogP contribution in [0.15, 0.2) is 23.1 Å². The van der Waals surface area contributed by atoms with Gasteiger partial charge in [-0.25, -0.2) is 0 Å². The number of hydrogen-bond donors (Lipinski definition) is 2. The highest BCUT2D eigenvalue weighted by Crippen LogP contribution is 2.25. The molecular weight excluding hydrogens is 246 g/mol. The second-order valence-corrected chi connectivity index (χ2v) is 4.51. The molecule has 0 aliphatic rings. The molecule has 2 N–H and O–H groups in total. The van der Waals surface area contributed by atoms with E-state index in [1.54, 1.807) is 18.9 Å². The van der Waals surface area contributed by atoms with Gasteiger partial charge in [0.2, 0.25) is 0 Å². The van der Waals surface area contributed by atoms with Gasteiger partial charge in [-0.05, 0) is 18.4 Å². The average Bonchev–Trinajstić information content (AvgIpc) is 2.42. The maximum atomic E-state index is 9.17. The van der Waals surface area contributed by atoms with Crippen LogP contribution in [0.5, 0.6) is 0 Å². The van der Waals surface area contributed by atoms with Gasteiger partial charge < -0.3 is 15.4 Å². The van der Waals surface area contributed by atoms with Crippen molar-refractivity contribution < 1.29 is 4.74 Å². The Balaban J connectivity index is 2.45. The van der Waals surface area contributed by atoms with Crippen LogP contribution < -0.4 is 10.6 Å². The largest absolute Gasteiger partial charge is 0.383 e. The lowest BCUT2D eigenvalue weighted by Crippen LogP contribution is -2.25. The summed E-state index contributed by atoms with van der Waals surface area (Å²) in [5.74, 6) is 0. The minimum Gasteiger partial charge on any atom is -0.383 e. The second kappa shape index (κ2) is 8.81. The van der Waals surface area contributed by atoms with Gasteiger partial charge in [-0.2, -0.15) is 5.26 Å². The van der Waals surface area contributed by atoms with Gasteiger partial charge in [-0.3, -0.25) is 0 Å². The van der Waals surface area contributed by atoms with Gasteiger partial charge >= 0.3 is 0 Å². The van der Waals surface area contributed by atoms with Crippen molar-refractivity contribution in [2.45, 2.75) is 4.90 Å². The van der Waals surface area contributed by atoms with E-state index in [1.165, 1.54) is 0 Å². The third kappa shape index (κ3) is 4.57. The molecule has 18 heavy (non-hydrogen) atoms. The number of anilines is 1. The summed E-state index contributed by atoms with van der Waals surface area (Å²) in [5.41, 5.74) is 1.62. The van der Waals surface area contributed by atoms with E-state index >= 15 is 0 Å². The van der Waals surface area contributed by atoms with Gasteiger partial charge in [0.05, 0.1) is 17.9 Å². The van der Waals surface area contributed by atoms with Crippen molar-refractivity contribution in [2.24, 2.45) is 0 Å². The van der Waals surface area contributed by atoms with Gasteiger partial charge in [-0.1, -0.05) is 6.07 Å². The molecule has 0 radical (unpaired) electrons. The lowest BCUT2D eigenvalue weighted by molar-refractivity contribution is 0.200. The van der Waals surface area contributed by atoms with Gasteiger partial charge in [0, 0.05) is 31.6 Å². The van der Waals surface area contributed by atoms with Crippen molar-refractivity contribution in [3.63, 3.8) is 0 Å². The van der Waals surface area contributed by atoms with Crippen molar-refractivity contribution >= 4 is 17.4 Å². The van der Waals surface area contributed by atoms with Crippen molar-refractivity contribution in [1.82, 2.24) is 5.32 Å². The Bertz CT molecular complexity index is 404. The van der Waals surface area contributed by atoms with Crippen LogP contribution in [0.25, 0.3) is 0 Å². The zero-order chi connectivity index (χ0) is 13.2. The number of rotatable bonds is 8. The van der Waals surface area contributed by atoms with Crippen LogP contribution in [-0.4, -0.2) is 39.6 Å². The first-order chi connectivity index (χ1) is 8.83. The fourth-order valence-electron chi connectivity index (χ4n) is 1.55. The number of hydrogen-bond acceptors (Lipinski definition) is 5. The summed E-state index contributed by atoms with van der Waals surface area (Å²) in [7, 11) is 1.69. The first-order valence-electron chi connectivity index (χ1n) is 5.84. The maximum Gasteiger partial charge on any atom is 0.102 e. The highest BCUT2D eigenvalue weighted by Gasteiger charge is 2.06. The predicted octanol–water partition coefficient (Wildman–Crippen LogP) is 1.93.